The minimum Gasteiger partial charge on any atom is -0.491 e. The SMILES string of the molecule is CCCC(=O)Nc1ccc2c(c1)C(=O)N(C)C[C@@H](OC)[C@H](C)CN(C(=O)CC1CC1)[C@H](C)CO2. The van der Waals surface area contributed by atoms with Gasteiger partial charge in [-0.1, -0.05) is 13.8 Å². The van der Waals surface area contributed by atoms with Crippen LogP contribution >= 0.6 is 0 Å². The van der Waals surface area contributed by atoms with Crippen LogP contribution in [0, 0.1) is 11.8 Å². The molecule has 1 aliphatic carbocycles. The Morgan fingerprint density at radius 3 is 2.59 bits per heavy atom. The first kappa shape index (κ1) is 26.0. The third kappa shape index (κ3) is 6.72. The number of hydrogen-bond donors (Lipinski definition) is 1. The summed E-state index contributed by atoms with van der Waals surface area (Å²) in [6.45, 7) is 7.17. The standard InChI is InChI=1S/C26H39N3O5/c1-6-7-24(30)27-20-10-11-22-21(13-20)26(32)28(4)15-23(33-5)17(2)14-29(18(3)16-34-22)25(31)12-19-8-9-19/h10-11,13,17-19,23H,6-9,12,14-16H2,1-5H3,(H,27,30)/t17-,18-,23-/m1/s1. The number of benzene rings is 1. The fourth-order valence-electron chi connectivity index (χ4n) is 4.34. The number of carbonyl (C=O) groups is 3. The van der Waals surface area contributed by atoms with Crippen LogP contribution in [0.25, 0.3) is 0 Å². The summed E-state index contributed by atoms with van der Waals surface area (Å²) in [5, 5.41) is 2.85. The number of methoxy groups -OCH3 is 1. The lowest BCUT2D eigenvalue weighted by Crippen LogP contribution is -2.48. The molecule has 1 aromatic carbocycles. The minimum atomic E-state index is -0.228. The fourth-order valence-corrected chi connectivity index (χ4v) is 4.34. The van der Waals surface area contributed by atoms with Crippen molar-refractivity contribution in [2.75, 3.05) is 39.2 Å². The molecule has 0 spiro atoms. The van der Waals surface area contributed by atoms with E-state index in [9.17, 15) is 14.4 Å². The second kappa shape index (κ2) is 11.7. The molecular weight excluding hydrogens is 434 g/mol. The summed E-state index contributed by atoms with van der Waals surface area (Å²) in [6, 6.07) is 4.97. The monoisotopic (exact) mass is 473 g/mol. The summed E-state index contributed by atoms with van der Waals surface area (Å²) >= 11 is 0. The summed E-state index contributed by atoms with van der Waals surface area (Å²) in [7, 11) is 3.38. The number of hydrogen-bond acceptors (Lipinski definition) is 5. The van der Waals surface area contributed by atoms with Crippen LogP contribution in [0.1, 0.15) is 63.2 Å². The molecule has 1 aromatic rings. The molecule has 3 amide bonds. The van der Waals surface area contributed by atoms with Crippen LogP contribution in [0.4, 0.5) is 5.69 Å². The first-order valence-electron chi connectivity index (χ1n) is 12.4. The van der Waals surface area contributed by atoms with Crippen LogP contribution in [0.3, 0.4) is 0 Å². The van der Waals surface area contributed by atoms with Crippen molar-refractivity contribution in [3.8, 4) is 5.75 Å². The molecule has 34 heavy (non-hydrogen) atoms. The van der Waals surface area contributed by atoms with Gasteiger partial charge in [0, 0.05) is 51.7 Å². The predicted molar refractivity (Wildman–Crippen MR) is 131 cm³/mol. The van der Waals surface area contributed by atoms with Crippen LogP contribution in [0.5, 0.6) is 5.75 Å². The summed E-state index contributed by atoms with van der Waals surface area (Å²) in [6.07, 6.45) is 3.75. The lowest BCUT2D eigenvalue weighted by molar-refractivity contribution is -0.135. The molecule has 1 saturated carbocycles. The summed E-state index contributed by atoms with van der Waals surface area (Å²) < 4.78 is 11.9. The van der Waals surface area contributed by atoms with Gasteiger partial charge < -0.3 is 24.6 Å². The fraction of sp³-hybridized carbons (Fsp3) is 0.654. The number of likely N-dealkylation sites (N-methyl/N-ethyl adjacent to an activating group) is 1. The highest BCUT2D eigenvalue weighted by Gasteiger charge is 2.33. The molecule has 2 aliphatic rings. The van der Waals surface area contributed by atoms with E-state index in [0.29, 0.717) is 48.8 Å². The highest BCUT2D eigenvalue weighted by atomic mass is 16.5. The van der Waals surface area contributed by atoms with Crippen molar-refractivity contribution in [1.82, 2.24) is 9.80 Å². The summed E-state index contributed by atoms with van der Waals surface area (Å²) in [4.78, 5) is 42.1. The predicted octanol–water partition coefficient (Wildman–Crippen LogP) is 3.56. The average Bonchev–Trinajstić information content (AvgIpc) is 3.62. The number of carbonyl (C=O) groups excluding carboxylic acids is 3. The highest BCUT2D eigenvalue weighted by Crippen LogP contribution is 2.33. The highest BCUT2D eigenvalue weighted by molar-refractivity contribution is 5.99. The Morgan fingerprint density at radius 2 is 1.94 bits per heavy atom. The number of ether oxygens (including phenoxy) is 2. The molecule has 0 aromatic heterocycles. The van der Waals surface area contributed by atoms with E-state index < -0.39 is 0 Å². The molecule has 1 fully saturated rings. The van der Waals surface area contributed by atoms with E-state index in [4.69, 9.17) is 9.47 Å². The Bertz CT molecular complexity index is 885. The van der Waals surface area contributed by atoms with Crippen molar-refractivity contribution in [1.29, 1.82) is 0 Å². The maximum absolute atomic E-state index is 13.4. The summed E-state index contributed by atoms with van der Waals surface area (Å²) in [5.41, 5.74) is 0.934. The maximum atomic E-state index is 13.4. The van der Waals surface area contributed by atoms with Crippen molar-refractivity contribution >= 4 is 23.4 Å². The number of nitrogens with one attached hydrogen (secondary N) is 1. The van der Waals surface area contributed by atoms with Gasteiger partial charge in [0.1, 0.15) is 12.4 Å². The molecule has 0 saturated heterocycles. The Kier molecular flexibility index (Phi) is 8.94. The molecule has 0 radical (unpaired) electrons. The van der Waals surface area contributed by atoms with Gasteiger partial charge in [0.15, 0.2) is 0 Å². The zero-order valence-electron chi connectivity index (χ0n) is 21.1. The minimum absolute atomic E-state index is 0.0319. The molecular formula is C26H39N3O5. The third-order valence-corrected chi connectivity index (χ3v) is 6.69. The van der Waals surface area contributed by atoms with Crippen LogP contribution in [0.2, 0.25) is 0 Å². The van der Waals surface area contributed by atoms with Crippen LogP contribution in [0.15, 0.2) is 18.2 Å². The van der Waals surface area contributed by atoms with Crippen molar-refractivity contribution < 1.29 is 23.9 Å². The first-order chi connectivity index (χ1) is 16.2. The lowest BCUT2D eigenvalue weighted by atomic mass is 10.0. The van der Waals surface area contributed by atoms with Gasteiger partial charge in [-0.15, -0.1) is 0 Å². The zero-order chi connectivity index (χ0) is 24.8. The lowest BCUT2D eigenvalue weighted by Gasteiger charge is -2.36. The van der Waals surface area contributed by atoms with Crippen LogP contribution in [-0.4, -0.2) is 73.5 Å². The van der Waals surface area contributed by atoms with E-state index in [1.807, 2.05) is 18.7 Å². The third-order valence-electron chi connectivity index (χ3n) is 6.69. The molecule has 1 heterocycles. The zero-order valence-corrected chi connectivity index (χ0v) is 21.1. The quantitative estimate of drug-likeness (QED) is 0.683. The number of fused-ring (bicyclic) bond motifs is 1. The van der Waals surface area contributed by atoms with E-state index >= 15 is 0 Å². The molecule has 3 atom stereocenters. The maximum Gasteiger partial charge on any atom is 0.257 e. The van der Waals surface area contributed by atoms with E-state index in [1.165, 1.54) is 0 Å². The Morgan fingerprint density at radius 1 is 1.21 bits per heavy atom. The van der Waals surface area contributed by atoms with Gasteiger partial charge >= 0.3 is 0 Å². The van der Waals surface area contributed by atoms with Crippen LogP contribution < -0.4 is 10.1 Å². The summed E-state index contributed by atoms with van der Waals surface area (Å²) in [5.74, 6) is 0.825. The second-order valence-electron chi connectivity index (χ2n) is 9.80. The van der Waals surface area contributed by atoms with E-state index in [-0.39, 0.29) is 42.4 Å². The van der Waals surface area contributed by atoms with Crippen LogP contribution in [-0.2, 0) is 14.3 Å². The molecule has 1 N–H and O–H groups in total. The van der Waals surface area contributed by atoms with Gasteiger partial charge in [-0.3, -0.25) is 14.4 Å². The molecule has 0 unspecified atom stereocenters. The number of amides is 3. The van der Waals surface area contributed by atoms with Gasteiger partial charge in [0.2, 0.25) is 11.8 Å². The van der Waals surface area contributed by atoms with Gasteiger partial charge in [-0.2, -0.15) is 0 Å². The van der Waals surface area contributed by atoms with Crippen molar-refractivity contribution in [2.45, 2.75) is 65.0 Å². The number of anilines is 1. The van der Waals surface area contributed by atoms with Crippen molar-refractivity contribution in [2.24, 2.45) is 11.8 Å². The Balaban J connectivity index is 1.90. The normalized spacial score (nSPS) is 23.9. The average molecular weight is 474 g/mol. The largest absolute Gasteiger partial charge is 0.491 e. The number of nitrogens with zero attached hydrogens (tertiary/aromatic N) is 2. The first-order valence-corrected chi connectivity index (χ1v) is 12.4. The van der Waals surface area contributed by atoms with Gasteiger partial charge in [-0.05, 0) is 50.3 Å². The molecule has 8 nitrogen and oxygen atoms in total. The molecule has 188 valence electrons. The number of rotatable bonds is 6. The smallest absolute Gasteiger partial charge is 0.257 e. The van der Waals surface area contributed by atoms with E-state index in [1.54, 1.807) is 37.3 Å². The second-order valence-corrected chi connectivity index (χ2v) is 9.80. The van der Waals surface area contributed by atoms with E-state index in [2.05, 4.69) is 12.2 Å². The molecule has 0 bridgehead atoms. The molecule has 8 heteroatoms. The Hall–Kier alpha value is -2.61. The van der Waals surface area contributed by atoms with Crippen molar-refractivity contribution in [3.05, 3.63) is 23.8 Å². The van der Waals surface area contributed by atoms with Gasteiger partial charge in [0.05, 0.1) is 17.7 Å². The van der Waals surface area contributed by atoms with Gasteiger partial charge in [0.25, 0.3) is 5.91 Å². The van der Waals surface area contributed by atoms with Gasteiger partial charge in [-0.25, -0.2) is 0 Å². The van der Waals surface area contributed by atoms with Crippen molar-refractivity contribution in [3.63, 3.8) is 0 Å². The molecule has 3 rings (SSSR count). The van der Waals surface area contributed by atoms with E-state index in [0.717, 1.165) is 19.3 Å². The Labute approximate surface area is 202 Å². The molecule has 1 aliphatic heterocycles. The topological polar surface area (TPSA) is 88.2 Å².